The van der Waals surface area contributed by atoms with Crippen LogP contribution in [0.1, 0.15) is 24.2 Å². The van der Waals surface area contributed by atoms with Crippen molar-refractivity contribution < 1.29 is 13.9 Å². The van der Waals surface area contributed by atoms with Gasteiger partial charge >= 0.3 is 0 Å². The van der Waals surface area contributed by atoms with Gasteiger partial charge in [-0.15, -0.1) is 0 Å². The summed E-state index contributed by atoms with van der Waals surface area (Å²) in [6, 6.07) is 3.50. The minimum Gasteiger partial charge on any atom is -0.486 e. The predicted molar refractivity (Wildman–Crippen MR) is 65.0 cm³/mol. The van der Waals surface area contributed by atoms with Crippen molar-refractivity contribution in [3.05, 3.63) is 29.3 Å². The van der Waals surface area contributed by atoms with Gasteiger partial charge in [0.05, 0.1) is 0 Å². The number of halogens is 1. The molecule has 1 unspecified atom stereocenters. The molecule has 0 bridgehead atoms. The quantitative estimate of drug-likeness (QED) is 0.878. The summed E-state index contributed by atoms with van der Waals surface area (Å²) < 4.78 is 24.4. The van der Waals surface area contributed by atoms with Crippen LogP contribution in [0.25, 0.3) is 6.08 Å². The van der Waals surface area contributed by atoms with Crippen molar-refractivity contribution in [1.82, 2.24) is 0 Å². The fraction of sp³-hybridized carbons (Fsp3) is 0.385. The molecule has 1 heterocycles. The van der Waals surface area contributed by atoms with Crippen molar-refractivity contribution in [2.24, 2.45) is 5.73 Å². The molecule has 0 aromatic heterocycles. The van der Waals surface area contributed by atoms with Crippen LogP contribution in [-0.4, -0.2) is 19.8 Å². The molecule has 0 radical (unpaired) electrons. The van der Waals surface area contributed by atoms with Gasteiger partial charge in [-0.1, -0.05) is 12.2 Å². The molecule has 0 spiro atoms. The molecule has 0 saturated heterocycles. The maximum absolute atomic E-state index is 13.5. The second kappa shape index (κ2) is 5.19. The van der Waals surface area contributed by atoms with E-state index in [1.54, 1.807) is 18.2 Å². The lowest BCUT2D eigenvalue weighted by molar-refractivity contribution is 0.171. The summed E-state index contributed by atoms with van der Waals surface area (Å²) in [7, 11) is 0. The van der Waals surface area contributed by atoms with Crippen LogP contribution in [0.4, 0.5) is 4.39 Å². The Morgan fingerprint density at radius 1 is 1.35 bits per heavy atom. The number of benzene rings is 1. The third-order valence-corrected chi connectivity index (χ3v) is 2.61. The first-order valence-corrected chi connectivity index (χ1v) is 5.66. The van der Waals surface area contributed by atoms with Crippen molar-refractivity contribution >= 4 is 6.08 Å². The van der Waals surface area contributed by atoms with Crippen molar-refractivity contribution in [3.63, 3.8) is 0 Å². The van der Waals surface area contributed by atoms with Crippen molar-refractivity contribution in [2.75, 3.05) is 19.8 Å². The molecule has 0 amide bonds. The van der Waals surface area contributed by atoms with E-state index in [0.29, 0.717) is 36.8 Å². The average molecular weight is 237 g/mol. The van der Waals surface area contributed by atoms with Crippen LogP contribution < -0.4 is 15.2 Å². The molecule has 1 aliphatic heterocycles. The summed E-state index contributed by atoms with van der Waals surface area (Å²) in [5.41, 5.74) is 6.79. The summed E-state index contributed by atoms with van der Waals surface area (Å²) >= 11 is 0. The first-order chi connectivity index (χ1) is 8.22. The summed E-state index contributed by atoms with van der Waals surface area (Å²) in [4.78, 5) is 0. The minimum atomic E-state index is -1.05. The highest BCUT2D eigenvalue weighted by molar-refractivity contribution is 5.61. The Morgan fingerprint density at radius 2 is 2.00 bits per heavy atom. The zero-order valence-corrected chi connectivity index (χ0v) is 9.78. The summed E-state index contributed by atoms with van der Waals surface area (Å²) in [5.74, 6) is 1.28. The molecule has 0 aliphatic carbocycles. The highest BCUT2D eigenvalue weighted by Gasteiger charge is 2.17. The lowest BCUT2D eigenvalue weighted by Gasteiger charge is -2.20. The van der Waals surface area contributed by atoms with Gasteiger partial charge in [0.2, 0.25) is 0 Å². The molecule has 1 aliphatic rings. The minimum absolute atomic E-state index is 0.425. The number of hydrogen-bond acceptors (Lipinski definition) is 3. The SMILES string of the molecule is CC(F)c1cc2c(cc1/C=C/CN)OCCO2. The average Bonchev–Trinajstić information content (AvgIpc) is 2.35. The highest BCUT2D eigenvalue weighted by Crippen LogP contribution is 2.36. The molecule has 4 heteroatoms. The van der Waals surface area contributed by atoms with Crippen LogP contribution in [0.5, 0.6) is 11.5 Å². The Hall–Kier alpha value is -1.55. The molecule has 0 fully saturated rings. The first kappa shape index (κ1) is 11.9. The fourth-order valence-electron chi connectivity index (χ4n) is 1.80. The van der Waals surface area contributed by atoms with E-state index in [0.717, 1.165) is 5.56 Å². The number of rotatable bonds is 3. The second-order valence-electron chi connectivity index (χ2n) is 3.88. The van der Waals surface area contributed by atoms with Crippen LogP contribution in [-0.2, 0) is 0 Å². The van der Waals surface area contributed by atoms with E-state index in [2.05, 4.69) is 0 Å². The largest absolute Gasteiger partial charge is 0.486 e. The lowest BCUT2D eigenvalue weighted by Crippen LogP contribution is -2.15. The van der Waals surface area contributed by atoms with Crippen LogP contribution in [0.3, 0.4) is 0 Å². The monoisotopic (exact) mass is 237 g/mol. The highest BCUT2D eigenvalue weighted by atomic mass is 19.1. The van der Waals surface area contributed by atoms with E-state index in [-0.39, 0.29) is 0 Å². The first-order valence-electron chi connectivity index (χ1n) is 5.66. The summed E-state index contributed by atoms with van der Waals surface area (Å²) in [5, 5.41) is 0. The molecular formula is C13H16FNO2. The Kier molecular flexibility index (Phi) is 3.64. The van der Waals surface area contributed by atoms with E-state index in [1.807, 2.05) is 6.08 Å². The van der Waals surface area contributed by atoms with Gasteiger partial charge in [-0.05, 0) is 30.2 Å². The van der Waals surface area contributed by atoms with Gasteiger partial charge in [-0.25, -0.2) is 4.39 Å². The van der Waals surface area contributed by atoms with Crippen molar-refractivity contribution in [1.29, 1.82) is 0 Å². The standard InChI is InChI=1S/C13H16FNO2/c1-9(14)11-8-13-12(16-5-6-17-13)7-10(11)3-2-4-15/h2-3,7-9H,4-6,15H2,1H3/b3-2+. The molecular weight excluding hydrogens is 221 g/mol. The van der Waals surface area contributed by atoms with Crippen LogP contribution in [0.15, 0.2) is 18.2 Å². The summed E-state index contributed by atoms with van der Waals surface area (Å²) in [6.07, 6.45) is 2.55. The van der Waals surface area contributed by atoms with Crippen LogP contribution in [0, 0.1) is 0 Å². The molecule has 0 saturated carbocycles. The molecule has 17 heavy (non-hydrogen) atoms. The normalized spacial score (nSPS) is 16.2. The number of ether oxygens (including phenoxy) is 2. The topological polar surface area (TPSA) is 44.5 Å². The molecule has 1 aromatic rings. The number of fused-ring (bicyclic) bond motifs is 1. The van der Waals surface area contributed by atoms with Crippen molar-refractivity contribution in [3.8, 4) is 11.5 Å². The molecule has 1 aromatic carbocycles. The van der Waals surface area contributed by atoms with E-state index in [4.69, 9.17) is 15.2 Å². The van der Waals surface area contributed by atoms with Gasteiger partial charge in [-0.3, -0.25) is 0 Å². The second-order valence-corrected chi connectivity index (χ2v) is 3.88. The van der Waals surface area contributed by atoms with Crippen molar-refractivity contribution in [2.45, 2.75) is 13.1 Å². The molecule has 1 atom stereocenters. The van der Waals surface area contributed by atoms with Gasteiger partial charge in [0.1, 0.15) is 19.4 Å². The maximum Gasteiger partial charge on any atom is 0.161 e. The lowest BCUT2D eigenvalue weighted by atomic mass is 10.0. The van der Waals surface area contributed by atoms with Gasteiger partial charge in [0.15, 0.2) is 11.5 Å². The Bertz CT molecular complexity index is 430. The van der Waals surface area contributed by atoms with Gasteiger partial charge in [0, 0.05) is 6.54 Å². The number of hydrogen-bond donors (Lipinski definition) is 1. The van der Waals surface area contributed by atoms with E-state index < -0.39 is 6.17 Å². The zero-order chi connectivity index (χ0) is 12.3. The predicted octanol–water partition coefficient (Wildman–Crippen LogP) is 2.46. The van der Waals surface area contributed by atoms with Gasteiger partial charge in [-0.2, -0.15) is 0 Å². The molecule has 2 rings (SSSR count). The third kappa shape index (κ3) is 2.58. The smallest absolute Gasteiger partial charge is 0.161 e. The van der Waals surface area contributed by atoms with Gasteiger partial charge < -0.3 is 15.2 Å². The Balaban J connectivity index is 2.44. The number of alkyl halides is 1. The van der Waals surface area contributed by atoms with E-state index in [1.165, 1.54) is 6.92 Å². The fourth-order valence-corrected chi connectivity index (χ4v) is 1.80. The Labute approximate surface area is 100 Å². The van der Waals surface area contributed by atoms with Gasteiger partial charge in [0.25, 0.3) is 0 Å². The van der Waals surface area contributed by atoms with Crippen LogP contribution in [0.2, 0.25) is 0 Å². The molecule has 2 N–H and O–H groups in total. The summed E-state index contributed by atoms with van der Waals surface area (Å²) in [6.45, 7) is 2.96. The van der Waals surface area contributed by atoms with E-state index in [9.17, 15) is 4.39 Å². The third-order valence-electron chi connectivity index (χ3n) is 2.61. The number of nitrogens with two attached hydrogens (primary N) is 1. The zero-order valence-electron chi connectivity index (χ0n) is 9.78. The van der Waals surface area contributed by atoms with Crippen LogP contribution >= 0.6 is 0 Å². The van der Waals surface area contributed by atoms with E-state index >= 15 is 0 Å². The Morgan fingerprint density at radius 3 is 2.59 bits per heavy atom. The molecule has 92 valence electrons. The molecule has 3 nitrogen and oxygen atoms in total. The maximum atomic E-state index is 13.5.